The Balaban J connectivity index is 1.63. The fraction of sp³-hybridized carbons (Fsp3) is 0.571. The molecule has 0 spiro atoms. The smallest absolute Gasteiger partial charge is 0.245 e. The van der Waals surface area contributed by atoms with Gasteiger partial charge in [-0.15, -0.1) is 16.4 Å². The van der Waals surface area contributed by atoms with Crippen molar-refractivity contribution in [2.24, 2.45) is 5.92 Å². The number of fused-ring (bicyclic) bond motifs is 1. The van der Waals surface area contributed by atoms with Gasteiger partial charge in [-0.2, -0.15) is 4.98 Å². The third kappa shape index (κ3) is 1.94. The van der Waals surface area contributed by atoms with Crippen LogP contribution < -0.4 is 10.2 Å². The van der Waals surface area contributed by atoms with Crippen molar-refractivity contribution < 1.29 is 0 Å². The molecule has 2 aliphatic rings. The third-order valence-electron chi connectivity index (χ3n) is 4.49. The lowest BCUT2D eigenvalue weighted by atomic mass is 9.92. The predicted molar refractivity (Wildman–Crippen MR) is 81.2 cm³/mol. The van der Waals surface area contributed by atoms with Crippen molar-refractivity contribution in [3.8, 4) is 10.7 Å². The number of piperidine rings is 1. The van der Waals surface area contributed by atoms with Crippen LogP contribution in [0.1, 0.15) is 18.4 Å². The summed E-state index contributed by atoms with van der Waals surface area (Å²) in [7, 11) is 0. The molecular weight excluding hydrogens is 270 g/mol. The van der Waals surface area contributed by atoms with Gasteiger partial charge in [0.05, 0.1) is 4.88 Å². The molecule has 6 heteroatoms. The van der Waals surface area contributed by atoms with Crippen LogP contribution in [0.5, 0.6) is 0 Å². The molecule has 2 aromatic rings. The first-order chi connectivity index (χ1) is 9.83. The van der Waals surface area contributed by atoms with Crippen molar-refractivity contribution in [1.82, 2.24) is 20.5 Å². The second-order valence-electron chi connectivity index (χ2n) is 5.74. The molecule has 0 saturated carbocycles. The fourth-order valence-electron chi connectivity index (χ4n) is 3.41. The van der Waals surface area contributed by atoms with Crippen molar-refractivity contribution >= 4 is 17.3 Å². The molecule has 0 aliphatic carbocycles. The van der Waals surface area contributed by atoms with Crippen molar-refractivity contribution in [3.05, 3.63) is 17.0 Å². The van der Waals surface area contributed by atoms with Gasteiger partial charge < -0.3 is 10.2 Å². The van der Waals surface area contributed by atoms with E-state index < -0.39 is 0 Å². The summed E-state index contributed by atoms with van der Waals surface area (Å²) in [6.45, 7) is 5.39. The molecule has 4 rings (SSSR count). The summed E-state index contributed by atoms with van der Waals surface area (Å²) in [5.41, 5.74) is 1.26. The summed E-state index contributed by atoms with van der Waals surface area (Å²) >= 11 is 1.72. The van der Waals surface area contributed by atoms with Crippen molar-refractivity contribution in [1.29, 1.82) is 0 Å². The highest BCUT2D eigenvalue weighted by Crippen LogP contribution is 2.31. The van der Waals surface area contributed by atoms with Crippen LogP contribution in [0, 0.1) is 12.8 Å². The Morgan fingerprint density at radius 2 is 2.35 bits per heavy atom. The van der Waals surface area contributed by atoms with E-state index in [4.69, 9.17) is 4.98 Å². The van der Waals surface area contributed by atoms with Crippen LogP contribution in [0.3, 0.4) is 0 Å². The van der Waals surface area contributed by atoms with E-state index in [1.165, 1.54) is 23.3 Å². The first kappa shape index (κ1) is 12.3. The average Bonchev–Trinajstić information content (AvgIpc) is 3.17. The molecule has 5 nitrogen and oxygen atoms in total. The van der Waals surface area contributed by atoms with Gasteiger partial charge in [0.25, 0.3) is 0 Å². The van der Waals surface area contributed by atoms with Gasteiger partial charge in [0.15, 0.2) is 5.82 Å². The van der Waals surface area contributed by atoms with Gasteiger partial charge in [-0.25, -0.2) is 0 Å². The Labute approximate surface area is 122 Å². The summed E-state index contributed by atoms with van der Waals surface area (Å²) in [6, 6.07) is 2.69. The number of anilines is 1. The third-order valence-corrected chi connectivity index (χ3v) is 5.51. The minimum absolute atomic E-state index is 0.567. The van der Waals surface area contributed by atoms with E-state index in [0.29, 0.717) is 6.04 Å². The second-order valence-corrected chi connectivity index (χ2v) is 6.65. The van der Waals surface area contributed by atoms with E-state index in [9.17, 15) is 0 Å². The van der Waals surface area contributed by atoms with Crippen LogP contribution in [0.4, 0.5) is 5.95 Å². The highest BCUT2D eigenvalue weighted by molar-refractivity contribution is 7.13. The number of H-pyrrole nitrogens is 1. The normalized spacial score (nSPS) is 25.9. The van der Waals surface area contributed by atoms with Gasteiger partial charge in [0.2, 0.25) is 5.95 Å². The second kappa shape index (κ2) is 4.86. The van der Waals surface area contributed by atoms with Crippen LogP contribution in [-0.4, -0.2) is 40.9 Å². The Morgan fingerprint density at radius 3 is 3.20 bits per heavy atom. The monoisotopic (exact) mass is 289 g/mol. The van der Waals surface area contributed by atoms with Gasteiger partial charge >= 0.3 is 0 Å². The minimum atomic E-state index is 0.567. The van der Waals surface area contributed by atoms with Crippen LogP contribution in [-0.2, 0) is 0 Å². The Hall–Kier alpha value is -1.40. The number of hydrogen-bond donors (Lipinski definition) is 2. The summed E-state index contributed by atoms with van der Waals surface area (Å²) in [5.74, 6) is 2.53. The number of rotatable bonds is 2. The zero-order valence-corrected chi connectivity index (χ0v) is 12.4. The highest BCUT2D eigenvalue weighted by Gasteiger charge is 2.36. The zero-order chi connectivity index (χ0) is 13.5. The van der Waals surface area contributed by atoms with E-state index in [0.717, 1.165) is 37.3 Å². The predicted octanol–water partition coefficient (Wildman–Crippen LogP) is 2.03. The quantitative estimate of drug-likeness (QED) is 0.888. The lowest BCUT2D eigenvalue weighted by Gasteiger charge is -2.36. The summed E-state index contributed by atoms with van der Waals surface area (Å²) in [5, 5.41) is 13.2. The van der Waals surface area contributed by atoms with Crippen LogP contribution >= 0.6 is 11.3 Å². The molecule has 4 heterocycles. The first-order valence-corrected chi connectivity index (χ1v) is 8.15. The van der Waals surface area contributed by atoms with Crippen molar-refractivity contribution in [2.45, 2.75) is 25.8 Å². The molecule has 2 unspecified atom stereocenters. The van der Waals surface area contributed by atoms with Gasteiger partial charge in [-0.1, -0.05) is 0 Å². The SMILES string of the molecule is Cc1ccsc1-c1nc(N2CCCC3CNCC32)n[nH]1. The molecule has 2 saturated heterocycles. The number of nitrogens with one attached hydrogen (secondary N) is 2. The van der Waals surface area contributed by atoms with Crippen LogP contribution in [0.25, 0.3) is 10.7 Å². The molecule has 2 fully saturated rings. The molecule has 0 amide bonds. The zero-order valence-electron chi connectivity index (χ0n) is 11.6. The molecule has 2 aromatic heterocycles. The maximum Gasteiger partial charge on any atom is 0.245 e. The lowest BCUT2D eigenvalue weighted by molar-refractivity contribution is 0.381. The molecule has 0 aromatic carbocycles. The van der Waals surface area contributed by atoms with E-state index in [1.54, 1.807) is 11.3 Å². The molecule has 20 heavy (non-hydrogen) atoms. The number of aromatic amines is 1. The number of aromatic nitrogens is 3. The Kier molecular flexibility index (Phi) is 3.00. The molecular formula is C14H19N5S. The first-order valence-electron chi connectivity index (χ1n) is 7.27. The maximum atomic E-state index is 4.74. The summed E-state index contributed by atoms with van der Waals surface area (Å²) in [4.78, 5) is 8.32. The molecule has 2 N–H and O–H groups in total. The van der Waals surface area contributed by atoms with Crippen molar-refractivity contribution in [2.75, 3.05) is 24.5 Å². The van der Waals surface area contributed by atoms with E-state index in [-0.39, 0.29) is 0 Å². The Bertz CT molecular complexity index is 604. The van der Waals surface area contributed by atoms with Crippen LogP contribution in [0.15, 0.2) is 11.4 Å². The van der Waals surface area contributed by atoms with Gasteiger partial charge in [0, 0.05) is 25.7 Å². The summed E-state index contributed by atoms with van der Waals surface area (Å²) < 4.78 is 0. The number of nitrogens with zero attached hydrogens (tertiary/aromatic N) is 3. The maximum absolute atomic E-state index is 4.74. The Morgan fingerprint density at radius 1 is 1.40 bits per heavy atom. The highest BCUT2D eigenvalue weighted by atomic mass is 32.1. The van der Waals surface area contributed by atoms with E-state index >= 15 is 0 Å². The van der Waals surface area contributed by atoms with Gasteiger partial charge in [0.1, 0.15) is 0 Å². The fourth-order valence-corrected chi connectivity index (χ4v) is 4.28. The average molecular weight is 289 g/mol. The van der Waals surface area contributed by atoms with Gasteiger partial charge in [-0.05, 0) is 42.7 Å². The molecule has 106 valence electrons. The van der Waals surface area contributed by atoms with Crippen LogP contribution in [0.2, 0.25) is 0 Å². The van der Waals surface area contributed by atoms with Gasteiger partial charge in [-0.3, -0.25) is 5.10 Å². The lowest BCUT2D eigenvalue weighted by Crippen LogP contribution is -2.45. The number of aryl methyl sites for hydroxylation is 1. The molecule has 0 radical (unpaired) electrons. The molecule has 2 aliphatic heterocycles. The molecule has 2 atom stereocenters. The number of thiophene rings is 1. The standard InChI is InChI=1S/C14H19N5S/c1-9-4-6-20-12(9)13-16-14(18-17-13)19-5-2-3-10-7-15-8-11(10)19/h4,6,10-11,15H,2-3,5,7-8H2,1H3,(H,16,17,18). The summed E-state index contributed by atoms with van der Waals surface area (Å²) in [6.07, 6.45) is 2.57. The van der Waals surface area contributed by atoms with E-state index in [2.05, 4.69) is 38.8 Å². The number of hydrogen-bond acceptors (Lipinski definition) is 5. The van der Waals surface area contributed by atoms with E-state index in [1.807, 2.05) is 0 Å². The topological polar surface area (TPSA) is 56.8 Å². The minimum Gasteiger partial charge on any atom is -0.335 e. The van der Waals surface area contributed by atoms with Crippen molar-refractivity contribution in [3.63, 3.8) is 0 Å². The molecule has 0 bridgehead atoms. The largest absolute Gasteiger partial charge is 0.335 e.